The second kappa shape index (κ2) is 7.65. The lowest BCUT2D eigenvalue weighted by Gasteiger charge is -2.17. The smallest absolute Gasteiger partial charge is 0.352 e. The van der Waals surface area contributed by atoms with Gasteiger partial charge in [-0.1, -0.05) is 18.5 Å². The number of fused-ring (bicyclic) bond motifs is 5. The zero-order valence-corrected chi connectivity index (χ0v) is 18.6. The zero-order valence-electron chi connectivity index (χ0n) is 17.0. The first kappa shape index (κ1) is 20.0. The Morgan fingerprint density at radius 1 is 1.42 bits per heavy atom. The third-order valence-corrected chi connectivity index (χ3v) is 7.00. The molecule has 1 atom stereocenters. The van der Waals surface area contributed by atoms with Crippen molar-refractivity contribution in [3.05, 3.63) is 50.5 Å². The topological polar surface area (TPSA) is 90.5 Å². The number of carbonyl (C=O) groups is 1. The molecule has 0 radical (unpaired) electrons. The van der Waals surface area contributed by atoms with E-state index in [1.54, 1.807) is 29.5 Å². The number of aromatic nitrogens is 4. The van der Waals surface area contributed by atoms with Crippen LogP contribution in [0.25, 0.3) is 15.9 Å². The standard InChI is InChI=1S/C21H20ClN5O3S/c1-11-3-5-13-16(7-11)31-20-18(13)19-25-27(21(29)26(19)10-23-20)9-17(28)24-14-8-12(22)4-6-15(14)30-2/h4,6,8,10-11H,3,5,7,9H2,1-2H3,(H,24,28)/t11-/m0/s1. The van der Waals surface area contributed by atoms with Gasteiger partial charge in [-0.2, -0.15) is 0 Å². The highest BCUT2D eigenvalue weighted by Crippen LogP contribution is 2.38. The van der Waals surface area contributed by atoms with Crippen molar-refractivity contribution in [1.82, 2.24) is 19.2 Å². The van der Waals surface area contributed by atoms with Gasteiger partial charge in [0.25, 0.3) is 0 Å². The molecule has 0 saturated heterocycles. The number of hydrogen-bond donors (Lipinski definition) is 1. The highest BCUT2D eigenvalue weighted by molar-refractivity contribution is 7.19. The molecule has 0 aliphatic heterocycles. The largest absolute Gasteiger partial charge is 0.495 e. The lowest BCUT2D eigenvalue weighted by atomic mass is 9.89. The molecule has 4 aromatic rings. The second-order valence-corrected chi connectivity index (χ2v) is 9.32. The Bertz CT molecular complexity index is 1390. The number of hydrogen-bond acceptors (Lipinski definition) is 6. The summed E-state index contributed by atoms with van der Waals surface area (Å²) >= 11 is 7.70. The van der Waals surface area contributed by atoms with E-state index in [1.807, 2.05) is 0 Å². The van der Waals surface area contributed by atoms with Gasteiger partial charge in [-0.15, -0.1) is 16.4 Å². The minimum Gasteiger partial charge on any atom is -0.495 e. The van der Waals surface area contributed by atoms with Crippen LogP contribution in [0.3, 0.4) is 0 Å². The molecule has 3 aromatic heterocycles. The molecule has 8 nitrogen and oxygen atoms in total. The number of halogens is 1. The lowest BCUT2D eigenvalue weighted by molar-refractivity contribution is -0.117. The molecule has 0 fully saturated rings. The number of nitrogens with zero attached hydrogens (tertiary/aromatic N) is 4. The highest BCUT2D eigenvalue weighted by Gasteiger charge is 2.24. The van der Waals surface area contributed by atoms with E-state index in [4.69, 9.17) is 16.3 Å². The van der Waals surface area contributed by atoms with Crippen LogP contribution in [0.1, 0.15) is 23.8 Å². The first-order valence-corrected chi connectivity index (χ1v) is 11.2. The fraction of sp³-hybridized carbons (Fsp3) is 0.333. The van der Waals surface area contributed by atoms with Crippen LogP contribution in [-0.2, 0) is 24.2 Å². The molecular formula is C21H20ClN5O3S. The minimum absolute atomic E-state index is 0.235. The maximum absolute atomic E-state index is 12.9. The normalized spacial score (nSPS) is 15.9. The van der Waals surface area contributed by atoms with E-state index in [2.05, 4.69) is 22.3 Å². The summed E-state index contributed by atoms with van der Waals surface area (Å²) in [6.07, 6.45) is 4.58. The SMILES string of the molecule is COc1ccc(Cl)cc1NC(=O)Cn1nc2c3c4c(sc3ncn2c1=O)C[C@@H](C)CC4. The summed E-state index contributed by atoms with van der Waals surface area (Å²) in [6, 6.07) is 4.93. The number of rotatable bonds is 4. The number of nitrogens with one attached hydrogen (secondary N) is 1. The van der Waals surface area contributed by atoms with Gasteiger partial charge in [0, 0.05) is 9.90 Å². The van der Waals surface area contributed by atoms with E-state index in [-0.39, 0.29) is 6.54 Å². The number of amides is 1. The maximum Gasteiger partial charge on any atom is 0.352 e. The van der Waals surface area contributed by atoms with E-state index in [0.717, 1.165) is 29.5 Å². The van der Waals surface area contributed by atoms with E-state index in [0.29, 0.717) is 28.0 Å². The summed E-state index contributed by atoms with van der Waals surface area (Å²) in [6.45, 7) is 2.02. The molecule has 3 heterocycles. The molecule has 1 aliphatic carbocycles. The number of anilines is 1. The van der Waals surface area contributed by atoms with Crippen molar-refractivity contribution >= 4 is 50.4 Å². The van der Waals surface area contributed by atoms with Gasteiger partial charge < -0.3 is 10.1 Å². The zero-order chi connectivity index (χ0) is 21.7. The van der Waals surface area contributed by atoms with Gasteiger partial charge in [0.2, 0.25) is 5.91 Å². The average Bonchev–Trinajstić information content (AvgIpc) is 3.25. The number of carbonyl (C=O) groups excluding carboxylic acids is 1. The Balaban J connectivity index is 1.50. The molecular weight excluding hydrogens is 438 g/mol. The van der Waals surface area contributed by atoms with Crippen molar-refractivity contribution in [1.29, 1.82) is 0 Å². The average molecular weight is 458 g/mol. The molecule has 0 unspecified atom stereocenters. The van der Waals surface area contributed by atoms with Gasteiger partial charge in [0.05, 0.1) is 18.2 Å². The summed E-state index contributed by atoms with van der Waals surface area (Å²) in [5.74, 6) is 0.713. The molecule has 1 amide bonds. The highest BCUT2D eigenvalue weighted by atomic mass is 35.5. The number of benzene rings is 1. The molecule has 0 spiro atoms. The molecule has 31 heavy (non-hydrogen) atoms. The molecule has 0 bridgehead atoms. The van der Waals surface area contributed by atoms with Gasteiger partial charge >= 0.3 is 5.69 Å². The van der Waals surface area contributed by atoms with Gasteiger partial charge in [-0.05, 0) is 48.9 Å². The molecule has 1 aromatic carbocycles. The van der Waals surface area contributed by atoms with Gasteiger partial charge in [-0.3, -0.25) is 4.79 Å². The van der Waals surface area contributed by atoms with Gasteiger partial charge in [-0.25, -0.2) is 18.9 Å². The van der Waals surface area contributed by atoms with Crippen LogP contribution in [0.5, 0.6) is 5.75 Å². The van der Waals surface area contributed by atoms with Crippen molar-refractivity contribution in [2.75, 3.05) is 12.4 Å². The summed E-state index contributed by atoms with van der Waals surface area (Å²) in [4.78, 5) is 32.2. The van der Waals surface area contributed by atoms with Crippen molar-refractivity contribution in [2.45, 2.75) is 32.7 Å². The quantitative estimate of drug-likeness (QED) is 0.506. The molecule has 160 valence electrons. The first-order valence-electron chi connectivity index (χ1n) is 9.96. The Morgan fingerprint density at radius 2 is 2.26 bits per heavy atom. The van der Waals surface area contributed by atoms with Crippen LogP contribution in [0, 0.1) is 5.92 Å². The van der Waals surface area contributed by atoms with Crippen LogP contribution < -0.4 is 15.7 Å². The maximum atomic E-state index is 12.9. The van der Waals surface area contributed by atoms with Crippen LogP contribution in [0.15, 0.2) is 29.3 Å². The predicted molar refractivity (Wildman–Crippen MR) is 120 cm³/mol. The van der Waals surface area contributed by atoms with Crippen LogP contribution >= 0.6 is 22.9 Å². The number of thiophene rings is 1. The van der Waals surface area contributed by atoms with Gasteiger partial charge in [0.1, 0.15) is 23.5 Å². The lowest BCUT2D eigenvalue weighted by Crippen LogP contribution is -2.28. The van der Waals surface area contributed by atoms with Crippen LogP contribution in [-0.4, -0.2) is 32.2 Å². The summed E-state index contributed by atoms with van der Waals surface area (Å²) in [7, 11) is 1.51. The summed E-state index contributed by atoms with van der Waals surface area (Å²) in [5.41, 5.74) is 1.82. The molecule has 10 heteroatoms. The van der Waals surface area contributed by atoms with Crippen molar-refractivity contribution in [3.8, 4) is 5.75 Å². The first-order chi connectivity index (χ1) is 14.9. The van der Waals surface area contributed by atoms with E-state index in [1.165, 1.54) is 33.0 Å². The fourth-order valence-corrected chi connectivity index (χ4v) is 5.59. The molecule has 0 saturated carbocycles. The minimum atomic E-state index is -0.406. The molecule has 1 aliphatic rings. The van der Waals surface area contributed by atoms with E-state index < -0.39 is 11.6 Å². The third-order valence-electron chi connectivity index (χ3n) is 5.61. The summed E-state index contributed by atoms with van der Waals surface area (Å²) in [5, 5.41) is 8.63. The Labute approximate surface area is 186 Å². The third kappa shape index (κ3) is 3.47. The number of aryl methyl sites for hydroxylation is 1. The number of ether oxygens (including phenoxy) is 1. The number of methoxy groups -OCH3 is 1. The van der Waals surface area contributed by atoms with Crippen molar-refractivity contribution in [3.63, 3.8) is 0 Å². The Hall–Kier alpha value is -2.91. The van der Waals surface area contributed by atoms with Crippen LogP contribution in [0.4, 0.5) is 5.69 Å². The van der Waals surface area contributed by atoms with Crippen molar-refractivity contribution in [2.24, 2.45) is 5.92 Å². The molecule has 1 N–H and O–H groups in total. The van der Waals surface area contributed by atoms with Crippen molar-refractivity contribution < 1.29 is 9.53 Å². The van der Waals surface area contributed by atoms with Gasteiger partial charge in [0.15, 0.2) is 5.65 Å². The Kier molecular flexibility index (Phi) is 4.94. The predicted octanol–water partition coefficient (Wildman–Crippen LogP) is 3.53. The second-order valence-electron chi connectivity index (χ2n) is 7.80. The van der Waals surface area contributed by atoms with Crippen LogP contribution in [0.2, 0.25) is 5.02 Å². The molecule has 5 rings (SSSR count). The van der Waals surface area contributed by atoms with E-state index >= 15 is 0 Å². The monoisotopic (exact) mass is 457 g/mol. The van der Waals surface area contributed by atoms with E-state index in [9.17, 15) is 9.59 Å². The summed E-state index contributed by atoms with van der Waals surface area (Å²) < 4.78 is 7.84. The fourth-order valence-electron chi connectivity index (χ4n) is 4.07. The Morgan fingerprint density at radius 3 is 3.06 bits per heavy atom.